The maximum Gasteiger partial charge on any atom is 0.220 e. The smallest absolute Gasteiger partial charge is 0.220 e. The minimum Gasteiger partial charge on any atom is -0.394 e. The quantitative estimate of drug-likeness (QED) is 0.0204. The molecular formula is C77H137NO13. The summed E-state index contributed by atoms with van der Waals surface area (Å²) < 4.78 is 22.9. The van der Waals surface area contributed by atoms with E-state index in [-0.39, 0.29) is 18.9 Å². The second-order valence-corrected chi connectivity index (χ2v) is 26.0. The molecule has 1 amide bonds. The Kier molecular flexibility index (Phi) is 56.3. The fraction of sp³-hybridized carbons (Fsp3) is 0.805. The Bertz CT molecular complexity index is 1850. The second kappa shape index (κ2) is 60.8. The van der Waals surface area contributed by atoms with Gasteiger partial charge in [-0.2, -0.15) is 0 Å². The summed E-state index contributed by atoms with van der Waals surface area (Å²) >= 11 is 0. The Labute approximate surface area is 554 Å². The summed E-state index contributed by atoms with van der Waals surface area (Å²) in [6, 6.07) is -0.944. The van der Waals surface area contributed by atoms with E-state index < -0.39 is 86.8 Å². The van der Waals surface area contributed by atoms with E-state index in [1.807, 2.05) is 6.08 Å². The van der Waals surface area contributed by atoms with E-state index in [1.54, 1.807) is 6.08 Å². The van der Waals surface area contributed by atoms with Crippen LogP contribution in [-0.4, -0.2) is 140 Å². The third kappa shape index (κ3) is 44.5. The minimum atomic E-state index is -1.80. The number of unbranched alkanes of at least 4 members (excludes halogenated alkanes) is 36. The lowest BCUT2D eigenvalue weighted by molar-refractivity contribution is -0.359. The number of rotatable bonds is 61. The predicted octanol–water partition coefficient (Wildman–Crippen LogP) is 16.0. The highest BCUT2D eigenvalue weighted by atomic mass is 16.7. The van der Waals surface area contributed by atoms with Crippen molar-refractivity contribution < 1.29 is 64.6 Å². The summed E-state index contributed by atoms with van der Waals surface area (Å²) in [4.78, 5) is 13.3. The summed E-state index contributed by atoms with van der Waals surface area (Å²) in [7, 11) is 0. The van der Waals surface area contributed by atoms with Gasteiger partial charge >= 0.3 is 0 Å². The van der Waals surface area contributed by atoms with Crippen molar-refractivity contribution in [2.75, 3.05) is 19.8 Å². The molecule has 0 aromatic carbocycles. The topological polar surface area (TPSA) is 228 Å². The molecule has 12 unspecified atom stereocenters. The molecule has 2 fully saturated rings. The molecule has 0 radical (unpaired) electrons. The summed E-state index contributed by atoms with van der Waals surface area (Å²) in [5.74, 6) is -0.254. The molecule has 0 spiro atoms. The molecule has 12 atom stereocenters. The molecule has 0 aromatic heterocycles. The molecule has 2 heterocycles. The number of allylic oxidation sites excluding steroid dienone is 13. The van der Waals surface area contributed by atoms with Gasteiger partial charge in [-0.3, -0.25) is 4.79 Å². The van der Waals surface area contributed by atoms with Gasteiger partial charge in [0, 0.05) is 6.42 Å². The van der Waals surface area contributed by atoms with E-state index in [0.717, 1.165) is 70.6 Å². The van der Waals surface area contributed by atoms with E-state index in [4.69, 9.17) is 18.9 Å². The average molecular weight is 1280 g/mol. The van der Waals surface area contributed by atoms with Crippen LogP contribution in [0.4, 0.5) is 0 Å². The predicted molar refractivity (Wildman–Crippen MR) is 373 cm³/mol. The molecule has 0 aliphatic carbocycles. The Morgan fingerprint density at radius 2 is 0.769 bits per heavy atom. The van der Waals surface area contributed by atoms with Crippen LogP contribution in [0.15, 0.2) is 85.1 Å². The Hall–Kier alpha value is -2.83. The van der Waals surface area contributed by atoms with Crippen molar-refractivity contribution in [1.29, 1.82) is 0 Å². The number of carbonyl (C=O) groups is 1. The monoisotopic (exact) mass is 1280 g/mol. The molecule has 0 bridgehead atoms. The van der Waals surface area contributed by atoms with Crippen LogP contribution in [0.1, 0.15) is 303 Å². The van der Waals surface area contributed by atoms with Crippen molar-refractivity contribution in [3.8, 4) is 0 Å². The summed E-state index contributed by atoms with van der Waals surface area (Å²) in [6.45, 7) is 2.70. The van der Waals surface area contributed by atoms with Crippen LogP contribution in [0, 0.1) is 0 Å². The van der Waals surface area contributed by atoms with E-state index in [9.17, 15) is 45.6 Å². The average Bonchev–Trinajstić information content (AvgIpc) is 1.07. The standard InChI is InChI=1S/C77H137NO13/c1-3-5-7-9-11-13-15-17-19-21-23-25-27-29-31-32-33-35-36-38-40-42-44-46-48-50-52-54-56-58-60-66(81)65(64-88-76-74(87)72(85)75(68(63-80)90-76)91-77-73(86)71(84)70(83)67(62-79)89-77)78-69(82)61-59-57-55-53-51-49-47-45-43-41-39-37-34-30-28-26-24-22-20-18-16-14-12-10-8-6-4-2/h6,8,12,14,18,20,24,26,42,44,50,52,58,60,65-68,70-77,79-81,83-87H,3-5,7,9-11,13,15-17,19,21-23,25,27-41,43,45-49,51,53-57,59,61-64H2,1-2H3,(H,78,82)/b8-6-,14-12-,20-18-,26-24-,44-42+,52-50+,60-58+. The van der Waals surface area contributed by atoms with Crippen molar-refractivity contribution in [2.45, 2.75) is 376 Å². The van der Waals surface area contributed by atoms with Crippen molar-refractivity contribution >= 4 is 5.91 Å². The molecule has 2 rings (SSSR count). The summed E-state index contributed by atoms with van der Waals surface area (Å²) in [6.07, 6.45) is 67.9. The van der Waals surface area contributed by atoms with Gasteiger partial charge in [-0.25, -0.2) is 0 Å². The van der Waals surface area contributed by atoms with Gasteiger partial charge in [-0.05, 0) is 83.5 Å². The second-order valence-electron chi connectivity index (χ2n) is 26.0. The zero-order chi connectivity index (χ0) is 65.9. The van der Waals surface area contributed by atoms with Gasteiger partial charge in [0.2, 0.25) is 5.91 Å². The van der Waals surface area contributed by atoms with Crippen LogP contribution >= 0.6 is 0 Å². The summed E-state index contributed by atoms with van der Waals surface area (Å²) in [5, 5.41) is 87.5. The first-order chi connectivity index (χ1) is 44.6. The van der Waals surface area contributed by atoms with E-state index in [1.165, 1.54) is 199 Å². The molecule has 0 saturated carbocycles. The highest BCUT2D eigenvalue weighted by Crippen LogP contribution is 2.30. The molecular weight excluding hydrogens is 1150 g/mol. The van der Waals surface area contributed by atoms with Gasteiger partial charge in [0.25, 0.3) is 0 Å². The lowest BCUT2D eigenvalue weighted by atomic mass is 9.97. The van der Waals surface area contributed by atoms with Gasteiger partial charge in [0.05, 0.1) is 32.0 Å². The normalized spacial score (nSPS) is 23.3. The highest BCUT2D eigenvalue weighted by Gasteiger charge is 2.51. The third-order valence-corrected chi connectivity index (χ3v) is 17.8. The maximum atomic E-state index is 13.3. The molecule has 2 aliphatic rings. The van der Waals surface area contributed by atoms with Crippen LogP contribution < -0.4 is 5.32 Å². The Morgan fingerprint density at radius 3 is 1.21 bits per heavy atom. The summed E-state index contributed by atoms with van der Waals surface area (Å²) in [5.41, 5.74) is 0. The number of aliphatic hydroxyl groups is 8. The number of amides is 1. The van der Waals surface area contributed by atoms with Crippen LogP contribution in [0.5, 0.6) is 0 Å². The number of ether oxygens (including phenoxy) is 4. The molecule has 9 N–H and O–H groups in total. The molecule has 528 valence electrons. The van der Waals surface area contributed by atoms with Gasteiger partial charge in [0.15, 0.2) is 12.6 Å². The van der Waals surface area contributed by atoms with E-state index >= 15 is 0 Å². The van der Waals surface area contributed by atoms with E-state index in [2.05, 4.69) is 92.1 Å². The molecule has 14 nitrogen and oxygen atoms in total. The number of hydrogen-bond donors (Lipinski definition) is 9. The van der Waals surface area contributed by atoms with E-state index in [0.29, 0.717) is 12.8 Å². The SMILES string of the molecule is CC/C=C\C/C=C\C/C=C\C/C=C\CCCCCCCCCCCCCCCCC(=O)NC(COC1OC(CO)C(OC2OC(CO)C(O)C(O)C2O)C(O)C1O)C(O)/C=C/CC/C=C/CC/C=C/CCCCCCCCCCCCCCCCCCCCCC. The fourth-order valence-corrected chi connectivity index (χ4v) is 11.9. The fourth-order valence-electron chi connectivity index (χ4n) is 11.9. The molecule has 0 aromatic rings. The van der Waals surface area contributed by atoms with Gasteiger partial charge in [-0.1, -0.05) is 298 Å². The first-order valence-corrected chi connectivity index (χ1v) is 37.3. The highest BCUT2D eigenvalue weighted by molar-refractivity contribution is 5.76. The third-order valence-electron chi connectivity index (χ3n) is 17.8. The largest absolute Gasteiger partial charge is 0.394 e. The molecule has 2 saturated heterocycles. The van der Waals surface area contributed by atoms with Gasteiger partial charge < -0.3 is 65.1 Å². The number of hydrogen-bond acceptors (Lipinski definition) is 13. The molecule has 91 heavy (non-hydrogen) atoms. The van der Waals surface area contributed by atoms with Crippen LogP contribution in [0.25, 0.3) is 0 Å². The van der Waals surface area contributed by atoms with Crippen LogP contribution in [-0.2, 0) is 23.7 Å². The van der Waals surface area contributed by atoms with Crippen molar-refractivity contribution in [1.82, 2.24) is 5.32 Å². The maximum absolute atomic E-state index is 13.3. The van der Waals surface area contributed by atoms with Crippen molar-refractivity contribution in [3.63, 3.8) is 0 Å². The van der Waals surface area contributed by atoms with Crippen LogP contribution in [0.3, 0.4) is 0 Å². The number of nitrogens with one attached hydrogen (secondary N) is 1. The Morgan fingerprint density at radius 1 is 0.407 bits per heavy atom. The van der Waals surface area contributed by atoms with Crippen molar-refractivity contribution in [3.05, 3.63) is 85.1 Å². The first kappa shape index (κ1) is 84.3. The lowest BCUT2D eigenvalue weighted by Gasteiger charge is -2.46. The van der Waals surface area contributed by atoms with Gasteiger partial charge in [-0.15, -0.1) is 0 Å². The molecule has 14 heteroatoms. The Balaban J connectivity index is 1.68. The van der Waals surface area contributed by atoms with Crippen LogP contribution in [0.2, 0.25) is 0 Å². The molecule has 2 aliphatic heterocycles. The zero-order valence-corrected chi connectivity index (χ0v) is 57.6. The number of aliphatic hydroxyl groups excluding tert-OH is 8. The first-order valence-electron chi connectivity index (χ1n) is 37.3. The lowest BCUT2D eigenvalue weighted by Crippen LogP contribution is -2.65. The van der Waals surface area contributed by atoms with Crippen molar-refractivity contribution in [2.24, 2.45) is 0 Å². The van der Waals surface area contributed by atoms with Gasteiger partial charge in [0.1, 0.15) is 48.8 Å². The number of carbonyl (C=O) groups excluding carboxylic acids is 1. The zero-order valence-electron chi connectivity index (χ0n) is 57.6. The minimum absolute atomic E-state index is 0.254.